The van der Waals surface area contributed by atoms with Crippen molar-refractivity contribution < 1.29 is 9.84 Å². The molecule has 0 saturated carbocycles. The molecule has 0 amide bonds. The SMILES string of the molecule is CC1NC(c2ccc(OCCO)cc2)=Nc2c(Cl)cccc21. The molecule has 2 aromatic rings. The fraction of sp³-hybridized carbons (Fsp3) is 0.235. The van der Waals surface area contributed by atoms with Gasteiger partial charge in [0.15, 0.2) is 0 Å². The van der Waals surface area contributed by atoms with Crippen LogP contribution in [-0.4, -0.2) is 24.2 Å². The predicted molar refractivity (Wildman–Crippen MR) is 88.2 cm³/mol. The van der Waals surface area contributed by atoms with E-state index in [0.29, 0.717) is 11.6 Å². The van der Waals surface area contributed by atoms with Crippen LogP contribution in [0.4, 0.5) is 5.69 Å². The normalized spacial score (nSPS) is 16.5. The maximum absolute atomic E-state index is 8.77. The van der Waals surface area contributed by atoms with Crippen LogP contribution in [0.3, 0.4) is 0 Å². The van der Waals surface area contributed by atoms with Crippen molar-refractivity contribution in [3.8, 4) is 5.75 Å². The molecule has 3 rings (SSSR count). The molecular weight excluding hydrogens is 300 g/mol. The summed E-state index contributed by atoms with van der Waals surface area (Å²) in [6, 6.07) is 13.6. The Hall–Kier alpha value is -2.04. The number of nitrogens with zero attached hydrogens (tertiary/aromatic N) is 1. The summed E-state index contributed by atoms with van der Waals surface area (Å²) in [5, 5.41) is 12.8. The number of aliphatic hydroxyl groups excluding tert-OH is 1. The van der Waals surface area contributed by atoms with Gasteiger partial charge in [0, 0.05) is 11.1 Å². The van der Waals surface area contributed by atoms with Crippen molar-refractivity contribution in [3.05, 3.63) is 58.6 Å². The lowest BCUT2D eigenvalue weighted by molar-refractivity contribution is 0.201. The zero-order chi connectivity index (χ0) is 15.5. The van der Waals surface area contributed by atoms with Gasteiger partial charge in [0.25, 0.3) is 0 Å². The van der Waals surface area contributed by atoms with E-state index in [1.807, 2.05) is 42.5 Å². The maximum Gasteiger partial charge on any atom is 0.134 e. The Morgan fingerprint density at radius 1 is 1.23 bits per heavy atom. The van der Waals surface area contributed by atoms with Crippen LogP contribution < -0.4 is 10.1 Å². The van der Waals surface area contributed by atoms with Gasteiger partial charge in [0.05, 0.1) is 23.4 Å². The van der Waals surface area contributed by atoms with Crippen molar-refractivity contribution in [2.75, 3.05) is 13.2 Å². The molecule has 1 atom stereocenters. The number of rotatable bonds is 4. The summed E-state index contributed by atoms with van der Waals surface area (Å²) in [6.45, 7) is 2.38. The number of hydrogen-bond donors (Lipinski definition) is 2. The highest BCUT2D eigenvalue weighted by Gasteiger charge is 2.20. The van der Waals surface area contributed by atoms with Gasteiger partial charge >= 0.3 is 0 Å². The smallest absolute Gasteiger partial charge is 0.134 e. The molecule has 1 unspecified atom stereocenters. The highest BCUT2D eigenvalue weighted by molar-refractivity contribution is 6.33. The standard InChI is InChI=1S/C17H17ClN2O2/c1-11-14-3-2-4-15(18)16(14)20-17(19-11)12-5-7-13(8-6-12)22-10-9-21/h2-8,11,21H,9-10H2,1H3,(H,19,20). The molecule has 1 aliphatic rings. The number of halogens is 1. The van der Waals surface area contributed by atoms with E-state index in [2.05, 4.69) is 17.2 Å². The largest absolute Gasteiger partial charge is 0.491 e. The summed E-state index contributed by atoms with van der Waals surface area (Å²) in [5.41, 5.74) is 2.89. The summed E-state index contributed by atoms with van der Waals surface area (Å²) in [5.74, 6) is 1.52. The third-order valence-electron chi connectivity index (χ3n) is 3.55. The van der Waals surface area contributed by atoms with Crippen molar-refractivity contribution in [1.82, 2.24) is 5.32 Å². The number of fused-ring (bicyclic) bond motifs is 1. The Morgan fingerprint density at radius 3 is 2.73 bits per heavy atom. The molecule has 22 heavy (non-hydrogen) atoms. The van der Waals surface area contributed by atoms with Crippen LogP contribution in [-0.2, 0) is 0 Å². The molecule has 2 N–H and O–H groups in total. The number of hydrogen-bond acceptors (Lipinski definition) is 4. The van der Waals surface area contributed by atoms with Crippen molar-refractivity contribution >= 4 is 23.1 Å². The lowest BCUT2D eigenvalue weighted by Crippen LogP contribution is -2.30. The molecule has 4 nitrogen and oxygen atoms in total. The topological polar surface area (TPSA) is 53.8 Å². The van der Waals surface area contributed by atoms with Gasteiger partial charge in [-0.3, -0.25) is 0 Å². The molecule has 0 bridgehead atoms. The molecule has 5 heteroatoms. The van der Waals surface area contributed by atoms with Crippen LogP contribution in [0.5, 0.6) is 5.75 Å². The number of benzene rings is 2. The van der Waals surface area contributed by atoms with Gasteiger partial charge in [-0.15, -0.1) is 0 Å². The van der Waals surface area contributed by atoms with Gasteiger partial charge in [0.1, 0.15) is 18.2 Å². The first-order chi connectivity index (χ1) is 10.7. The predicted octanol–water partition coefficient (Wildman–Crippen LogP) is 3.45. The Bertz CT molecular complexity index is 698. The highest BCUT2D eigenvalue weighted by atomic mass is 35.5. The minimum atomic E-state index is 0.00279. The van der Waals surface area contributed by atoms with Crippen molar-refractivity contribution in [2.24, 2.45) is 4.99 Å². The summed E-state index contributed by atoms with van der Waals surface area (Å²) in [7, 11) is 0. The van der Waals surface area contributed by atoms with Crippen LogP contribution >= 0.6 is 11.6 Å². The monoisotopic (exact) mass is 316 g/mol. The van der Waals surface area contributed by atoms with E-state index in [4.69, 9.17) is 21.4 Å². The second-order valence-electron chi connectivity index (χ2n) is 5.10. The average Bonchev–Trinajstić information content (AvgIpc) is 2.54. The van der Waals surface area contributed by atoms with Crippen LogP contribution in [0.15, 0.2) is 47.5 Å². The van der Waals surface area contributed by atoms with Crippen molar-refractivity contribution in [3.63, 3.8) is 0 Å². The zero-order valence-electron chi connectivity index (χ0n) is 12.2. The third-order valence-corrected chi connectivity index (χ3v) is 3.85. The first kappa shape index (κ1) is 14.9. The van der Waals surface area contributed by atoms with Crippen LogP contribution in [0.1, 0.15) is 24.1 Å². The van der Waals surface area contributed by atoms with Crippen molar-refractivity contribution in [2.45, 2.75) is 13.0 Å². The fourth-order valence-electron chi connectivity index (χ4n) is 2.45. The number of amidine groups is 1. The summed E-state index contributed by atoms with van der Waals surface area (Å²) in [6.07, 6.45) is 0. The van der Waals surface area contributed by atoms with Gasteiger partial charge in [0.2, 0.25) is 0 Å². The van der Waals surface area contributed by atoms with Crippen LogP contribution in [0.2, 0.25) is 5.02 Å². The molecule has 2 aromatic carbocycles. The van der Waals surface area contributed by atoms with Crippen LogP contribution in [0, 0.1) is 0 Å². The lowest BCUT2D eigenvalue weighted by atomic mass is 10.0. The van der Waals surface area contributed by atoms with E-state index in [1.54, 1.807) is 0 Å². The number of nitrogens with one attached hydrogen (secondary N) is 1. The molecule has 0 saturated heterocycles. The number of para-hydroxylation sites is 1. The van der Waals surface area contributed by atoms with E-state index in [-0.39, 0.29) is 12.6 Å². The maximum atomic E-state index is 8.77. The van der Waals surface area contributed by atoms with Gasteiger partial charge in [-0.2, -0.15) is 0 Å². The van der Waals surface area contributed by atoms with Crippen molar-refractivity contribution in [1.29, 1.82) is 0 Å². The van der Waals surface area contributed by atoms with Gasteiger partial charge in [-0.25, -0.2) is 4.99 Å². The molecule has 1 heterocycles. The quantitative estimate of drug-likeness (QED) is 0.908. The molecular formula is C17H17ClN2O2. The van der Waals surface area contributed by atoms with E-state index in [9.17, 15) is 0 Å². The van der Waals surface area contributed by atoms with Gasteiger partial charge in [-0.1, -0.05) is 23.7 Å². The molecule has 114 valence electrons. The number of aliphatic imine (C=N–C) groups is 1. The Balaban J connectivity index is 1.91. The van der Waals surface area contributed by atoms with E-state index in [1.165, 1.54) is 0 Å². The van der Waals surface area contributed by atoms with E-state index in [0.717, 1.165) is 28.4 Å². The van der Waals surface area contributed by atoms with Crippen LogP contribution in [0.25, 0.3) is 0 Å². The van der Waals surface area contributed by atoms with Gasteiger partial charge in [-0.05, 0) is 37.3 Å². The lowest BCUT2D eigenvalue weighted by Gasteiger charge is -2.25. The molecule has 0 fully saturated rings. The minimum Gasteiger partial charge on any atom is -0.491 e. The Labute approximate surface area is 134 Å². The third kappa shape index (κ3) is 2.93. The van der Waals surface area contributed by atoms with Gasteiger partial charge < -0.3 is 15.2 Å². The summed E-state index contributed by atoms with van der Waals surface area (Å²) < 4.78 is 5.36. The number of ether oxygens (including phenoxy) is 1. The molecule has 0 radical (unpaired) electrons. The highest BCUT2D eigenvalue weighted by Crippen LogP contribution is 2.36. The Kier molecular flexibility index (Phi) is 4.32. The fourth-order valence-corrected chi connectivity index (χ4v) is 2.67. The molecule has 0 spiro atoms. The first-order valence-electron chi connectivity index (χ1n) is 7.17. The molecule has 0 aromatic heterocycles. The Morgan fingerprint density at radius 2 is 2.00 bits per heavy atom. The van der Waals surface area contributed by atoms with E-state index < -0.39 is 0 Å². The second-order valence-corrected chi connectivity index (χ2v) is 5.51. The molecule has 0 aliphatic carbocycles. The summed E-state index contributed by atoms with van der Waals surface area (Å²) >= 11 is 6.26. The molecule has 1 aliphatic heterocycles. The van der Waals surface area contributed by atoms with E-state index >= 15 is 0 Å². The minimum absolute atomic E-state index is 0.00279. The second kappa shape index (κ2) is 6.38. The zero-order valence-corrected chi connectivity index (χ0v) is 13.0. The summed E-state index contributed by atoms with van der Waals surface area (Å²) in [4.78, 5) is 4.65. The average molecular weight is 317 g/mol. The number of aliphatic hydroxyl groups is 1. The first-order valence-corrected chi connectivity index (χ1v) is 7.54.